The van der Waals surface area contributed by atoms with Gasteiger partial charge in [-0.05, 0) is 42.7 Å². The van der Waals surface area contributed by atoms with Crippen LogP contribution in [0.1, 0.15) is 30.9 Å². The highest BCUT2D eigenvalue weighted by molar-refractivity contribution is 5.79. The molecule has 0 saturated carbocycles. The van der Waals surface area contributed by atoms with Crippen LogP contribution in [-0.2, 0) is 11.3 Å². The summed E-state index contributed by atoms with van der Waals surface area (Å²) in [6.45, 7) is 0.946. The summed E-state index contributed by atoms with van der Waals surface area (Å²) in [7, 11) is 0. The molecule has 1 aliphatic heterocycles. The number of aromatic nitrogens is 3. The number of benzene rings is 1. The second-order valence-electron chi connectivity index (χ2n) is 6.70. The van der Waals surface area contributed by atoms with Crippen molar-refractivity contribution in [2.75, 3.05) is 6.54 Å². The number of para-hydroxylation sites is 1. The van der Waals surface area contributed by atoms with Gasteiger partial charge in [0.1, 0.15) is 0 Å². The maximum Gasteiger partial charge on any atom is 0.328 e. The van der Waals surface area contributed by atoms with Gasteiger partial charge in [0.2, 0.25) is 5.91 Å². The van der Waals surface area contributed by atoms with Crippen molar-refractivity contribution < 1.29 is 4.79 Å². The van der Waals surface area contributed by atoms with Crippen LogP contribution >= 0.6 is 0 Å². The van der Waals surface area contributed by atoms with Gasteiger partial charge in [-0.25, -0.2) is 4.79 Å². The Bertz CT molecular complexity index is 1090. The average molecular weight is 364 g/mol. The lowest BCUT2D eigenvalue weighted by Crippen LogP contribution is -2.34. The molecule has 7 heteroatoms. The van der Waals surface area contributed by atoms with Crippen molar-refractivity contribution in [3.8, 4) is 0 Å². The van der Waals surface area contributed by atoms with Crippen molar-refractivity contribution >= 4 is 16.8 Å². The Morgan fingerprint density at radius 3 is 2.74 bits per heavy atom. The van der Waals surface area contributed by atoms with Crippen LogP contribution in [0.3, 0.4) is 0 Å². The summed E-state index contributed by atoms with van der Waals surface area (Å²) >= 11 is 0. The van der Waals surface area contributed by atoms with Gasteiger partial charge in [0.15, 0.2) is 0 Å². The zero-order chi connectivity index (χ0) is 18.8. The first kappa shape index (κ1) is 17.2. The normalized spacial score (nSPS) is 16.7. The molecule has 0 unspecified atom stereocenters. The zero-order valence-electron chi connectivity index (χ0n) is 14.8. The molecule has 1 aromatic carbocycles. The molecule has 3 aromatic rings. The van der Waals surface area contributed by atoms with Crippen LogP contribution in [0, 0.1) is 0 Å². The molecule has 1 fully saturated rings. The van der Waals surface area contributed by atoms with E-state index < -0.39 is 11.2 Å². The minimum atomic E-state index is -0.487. The Morgan fingerprint density at radius 2 is 1.93 bits per heavy atom. The second-order valence-corrected chi connectivity index (χ2v) is 6.70. The summed E-state index contributed by atoms with van der Waals surface area (Å²) in [6, 6.07) is 10.9. The van der Waals surface area contributed by atoms with Gasteiger partial charge < -0.3 is 4.90 Å². The Hall–Kier alpha value is -3.22. The fourth-order valence-corrected chi connectivity index (χ4v) is 3.81. The number of amides is 1. The lowest BCUT2D eigenvalue weighted by atomic mass is 10.1. The number of aryl methyl sites for hydroxylation is 1. The first-order valence-corrected chi connectivity index (χ1v) is 9.06. The molecule has 1 atom stereocenters. The zero-order valence-corrected chi connectivity index (χ0v) is 14.8. The molecule has 0 aliphatic carbocycles. The largest absolute Gasteiger partial charge is 0.336 e. The van der Waals surface area contributed by atoms with Crippen LogP contribution in [-0.4, -0.2) is 31.9 Å². The second kappa shape index (κ2) is 7.19. The maximum atomic E-state index is 12.8. The highest BCUT2D eigenvalue weighted by Crippen LogP contribution is 2.32. The van der Waals surface area contributed by atoms with E-state index in [1.165, 1.54) is 4.57 Å². The average Bonchev–Trinajstić information content (AvgIpc) is 3.18. The predicted molar refractivity (Wildman–Crippen MR) is 101 cm³/mol. The predicted octanol–water partition coefficient (Wildman–Crippen LogP) is 1.84. The molecule has 1 saturated heterocycles. The van der Waals surface area contributed by atoms with Gasteiger partial charge in [-0.1, -0.05) is 12.1 Å². The van der Waals surface area contributed by atoms with Crippen LogP contribution in [0.5, 0.6) is 0 Å². The van der Waals surface area contributed by atoms with E-state index in [9.17, 15) is 14.4 Å². The molecule has 1 amide bonds. The van der Waals surface area contributed by atoms with E-state index in [-0.39, 0.29) is 24.9 Å². The monoisotopic (exact) mass is 364 g/mol. The summed E-state index contributed by atoms with van der Waals surface area (Å²) in [5.74, 6) is 0.0106. The number of fused-ring (bicyclic) bond motifs is 1. The number of nitrogens with zero attached hydrogens (tertiary/aromatic N) is 3. The molecule has 138 valence electrons. The molecule has 4 rings (SSSR count). The number of pyridine rings is 1. The smallest absolute Gasteiger partial charge is 0.328 e. The van der Waals surface area contributed by atoms with E-state index in [0.717, 1.165) is 18.4 Å². The van der Waals surface area contributed by atoms with Crippen LogP contribution in [0.4, 0.5) is 0 Å². The molecule has 3 heterocycles. The third kappa shape index (κ3) is 3.28. The molecule has 27 heavy (non-hydrogen) atoms. The minimum Gasteiger partial charge on any atom is -0.336 e. The molecule has 0 spiro atoms. The molecule has 2 aromatic heterocycles. The van der Waals surface area contributed by atoms with Crippen LogP contribution in [0.2, 0.25) is 0 Å². The van der Waals surface area contributed by atoms with E-state index in [4.69, 9.17) is 0 Å². The standard InChI is InChI=1S/C20H20N4O3/c25-18(23-12-3-6-16(23)14-7-10-21-11-8-14)9-13-24-17-5-2-1-4-15(17)19(26)22-20(24)27/h1-2,4-5,7-8,10-11,16H,3,6,9,12-13H2,(H,22,26,27)/t16-/m0/s1. The Balaban J connectivity index is 1.56. The fourth-order valence-electron chi connectivity index (χ4n) is 3.81. The summed E-state index contributed by atoms with van der Waals surface area (Å²) < 4.78 is 1.46. The summed E-state index contributed by atoms with van der Waals surface area (Å²) in [6.07, 6.45) is 5.57. The molecule has 0 radical (unpaired) electrons. The van der Waals surface area contributed by atoms with Crippen LogP contribution in [0.15, 0.2) is 58.4 Å². The van der Waals surface area contributed by atoms with Gasteiger partial charge in [-0.2, -0.15) is 0 Å². The number of hydrogen-bond acceptors (Lipinski definition) is 4. The first-order valence-electron chi connectivity index (χ1n) is 9.06. The van der Waals surface area contributed by atoms with Gasteiger partial charge in [0.25, 0.3) is 5.56 Å². The topological polar surface area (TPSA) is 88.1 Å². The number of H-pyrrole nitrogens is 1. The summed E-state index contributed by atoms with van der Waals surface area (Å²) in [5.41, 5.74) is 0.739. The van der Waals surface area contributed by atoms with Crippen molar-refractivity contribution in [3.05, 3.63) is 75.2 Å². The van der Waals surface area contributed by atoms with Crippen LogP contribution < -0.4 is 11.2 Å². The minimum absolute atomic E-state index is 0.0106. The van der Waals surface area contributed by atoms with Gasteiger partial charge >= 0.3 is 5.69 Å². The lowest BCUT2D eigenvalue weighted by Gasteiger charge is -2.25. The molecule has 1 aliphatic rings. The quantitative estimate of drug-likeness (QED) is 0.765. The van der Waals surface area contributed by atoms with Crippen molar-refractivity contribution in [1.82, 2.24) is 19.4 Å². The highest BCUT2D eigenvalue weighted by Gasteiger charge is 2.29. The Kier molecular flexibility index (Phi) is 4.58. The number of carbonyl (C=O) groups excluding carboxylic acids is 1. The summed E-state index contributed by atoms with van der Waals surface area (Å²) in [5, 5.41) is 0.445. The van der Waals surface area contributed by atoms with Crippen molar-refractivity contribution in [2.45, 2.75) is 31.8 Å². The van der Waals surface area contributed by atoms with Gasteiger partial charge in [0, 0.05) is 31.9 Å². The first-order chi connectivity index (χ1) is 13.1. The molecule has 7 nitrogen and oxygen atoms in total. The van der Waals surface area contributed by atoms with Crippen molar-refractivity contribution in [2.24, 2.45) is 0 Å². The van der Waals surface area contributed by atoms with E-state index in [0.29, 0.717) is 17.4 Å². The van der Waals surface area contributed by atoms with E-state index in [2.05, 4.69) is 9.97 Å². The number of hydrogen-bond donors (Lipinski definition) is 1. The van der Waals surface area contributed by atoms with Crippen LogP contribution in [0.25, 0.3) is 10.9 Å². The lowest BCUT2D eigenvalue weighted by molar-refractivity contribution is -0.132. The third-order valence-corrected chi connectivity index (χ3v) is 5.12. The van der Waals surface area contributed by atoms with Gasteiger partial charge in [0.05, 0.1) is 16.9 Å². The van der Waals surface area contributed by atoms with Gasteiger partial charge in [-0.3, -0.25) is 24.1 Å². The number of rotatable bonds is 4. The highest BCUT2D eigenvalue weighted by atomic mass is 16.2. The van der Waals surface area contributed by atoms with Crippen molar-refractivity contribution in [3.63, 3.8) is 0 Å². The summed E-state index contributed by atoms with van der Waals surface area (Å²) in [4.78, 5) is 45.3. The van der Waals surface area contributed by atoms with E-state index >= 15 is 0 Å². The number of nitrogens with one attached hydrogen (secondary N) is 1. The maximum absolute atomic E-state index is 12.8. The molecule has 1 N–H and O–H groups in total. The third-order valence-electron chi connectivity index (χ3n) is 5.12. The van der Waals surface area contributed by atoms with Gasteiger partial charge in [-0.15, -0.1) is 0 Å². The molecule has 0 bridgehead atoms. The number of likely N-dealkylation sites (tertiary alicyclic amines) is 1. The SMILES string of the molecule is O=C(CCn1c(=O)[nH]c(=O)c2ccccc21)N1CCC[C@H]1c1ccncc1. The van der Waals surface area contributed by atoms with E-state index in [1.807, 2.05) is 17.0 Å². The number of carbonyl (C=O) groups is 1. The molecular weight excluding hydrogens is 344 g/mol. The Morgan fingerprint density at radius 1 is 1.15 bits per heavy atom. The van der Waals surface area contributed by atoms with E-state index in [1.54, 1.807) is 36.7 Å². The number of aromatic amines is 1. The fraction of sp³-hybridized carbons (Fsp3) is 0.300. The van der Waals surface area contributed by atoms with Crippen molar-refractivity contribution in [1.29, 1.82) is 0 Å². The Labute approximate surface area is 155 Å². The molecular formula is C20H20N4O3.